The molecule has 1 amide bonds. The van der Waals surface area contributed by atoms with E-state index in [1.165, 1.54) is 11.1 Å². The van der Waals surface area contributed by atoms with Crippen molar-refractivity contribution >= 4 is 27.9 Å². The number of aromatic nitrogens is 2. The van der Waals surface area contributed by atoms with Gasteiger partial charge in [0.05, 0.1) is 7.11 Å². The number of amides is 1. The Kier molecular flexibility index (Phi) is 4.01. The van der Waals surface area contributed by atoms with Crippen molar-refractivity contribution in [2.24, 2.45) is 0 Å². The average molecular weight is 355 g/mol. The molecule has 0 atom stereocenters. The Morgan fingerprint density at radius 2 is 2.00 bits per heavy atom. The first-order valence-corrected chi connectivity index (χ1v) is 8.97. The molecule has 4 rings (SSSR count). The molecule has 0 spiro atoms. The van der Waals surface area contributed by atoms with Crippen LogP contribution >= 0.6 is 11.3 Å². The van der Waals surface area contributed by atoms with Gasteiger partial charge >= 0.3 is 0 Å². The Balaban J connectivity index is 1.69. The molecule has 1 aliphatic carbocycles. The highest BCUT2D eigenvalue weighted by Crippen LogP contribution is 2.28. The van der Waals surface area contributed by atoms with Gasteiger partial charge in [-0.2, -0.15) is 0 Å². The van der Waals surface area contributed by atoms with E-state index < -0.39 is 5.91 Å². The van der Waals surface area contributed by atoms with Crippen LogP contribution in [0.15, 0.2) is 35.3 Å². The van der Waals surface area contributed by atoms with Crippen molar-refractivity contribution in [1.82, 2.24) is 9.38 Å². The molecular formula is C18H17N3O3S. The Morgan fingerprint density at radius 3 is 2.76 bits per heavy atom. The lowest BCUT2D eigenvalue weighted by Crippen LogP contribution is -2.27. The van der Waals surface area contributed by atoms with Crippen LogP contribution in [-0.4, -0.2) is 22.4 Å². The second-order valence-corrected chi connectivity index (χ2v) is 7.02. The summed E-state index contributed by atoms with van der Waals surface area (Å²) in [6.07, 6.45) is 5.42. The van der Waals surface area contributed by atoms with Crippen LogP contribution in [0.25, 0.3) is 4.96 Å². The van der Waals surface area contributed by atoms with Crippen molar-refractivity contribution in [3.8, 4) is 5.75 Å². The smallest absolute Gasteiger partial charge is 0.271 e. The molecule has 3 aromatic rings. The molecule has 2 aromatic heterocycles. The third kappa shape index (κ3) is 2.80. The third-order valence-electron chi connectivity index (χ3n) is 4.40. The van der Waals surface area contributed by atoms with Gasteiger partial charge in [-0.05, 0) is 49.9 Å². The van der Waals surface area contributed by atoms with Crippen molar-refractivity contribution in [1.29, 1.82) is 0 Å². The first-order chi connectivity index (χ1) is 12.2. The van der Waals surface area contributed by atoms with Gasteiger partial charge < -0.3 is 10.1 Å². The van der Waals surface area contributed by atoms with Crippen LogP contribution in [0, 0.1) is 0 Å². The van der Waals surface area contributed by atoms with Gasteiger partial charge in [-0.25, -0.2) is 4.98 Å². The van der Waals surface area contributed by atoms with Gasteiger partial charge in [0.25, 0.3) is 11.5 Å². The summed E-state index contributed by atoms with van der Waals surface area (Å²) in [7, 11) is 1.58. The van der Waals surface area contributed by atoms with E-state index in [-0.39, 0.29) is 11.1 Å². The van der Waals surface area contributed by atoms with Crippen LogP contribution in [0.5, 0.6) is 5.75 Å². The standard InChI is InChI=1S/C18H17N3O3S/c1-24-12-8-6-11(7-9-12)20-16(22)13-10-19-18-21(17(13)23)14-4-2-3-5-15(14)25-18/h6-10H,2-5H2,1H3,(H,20,22). The molecule has 128 valence electrons. The van der Waals surface area contributed by atoms with E-state index in [0.29, 0.717) is 16.4 Å². The first-order valence-electron chi connectivity index (χ1n) is 8.15. The van der Waals surface area contributed by atoms with Gasteiger partial charge in [0.15, 0.2) is 4.96 Å². The molecule has 1 aromatic carbocycles. The molecule has 0 saturated carbocycles. The van der Waals surface area contributed by atoms with Gasteiger partial charge in [0.2, 0.25) is 0 Å². The number of aryl methyl sites for hydroxylation is 2. The molecule has 0 saturated heterocycles. The summed E-state index contributed by atoms with van der Waals surface area (Å²) in [6, 6.07) is 6.96. The number of ether oxygens (including phenoxy) is 1. The van der Waals surface area contributed by atoms with Crippen LogP contribution in [0.1, 0.15) is 33.8 Å². The van der Waals surface area contributed by atoms with Gasteiger partial charge in [-0.1, -0.05) is 0 Å². The maximum atomic E-state index is 12.8. The highest BCUT2D eigenvalue weighted by atomic mass is 32.1. The normalized spacial score (nSPS) is 13.5. The van der Waals surface area contributed by atoms with Crippen molar-refractivity contribution in [3.05, 3.63) is 57.0 Å². The van der Waals surface area contributed by atoms with Gasteiger partial charge in [0, 0.05) is 22.5 Å². The van der Waals surface area contributed by atoms with E-state index >= 15 is 0 Å². The quantitative estimate of drug-likeness (QED) is 0.784. The first kappa shape index (κ1) is 15.8. The van der Waals surface area contributed by atoms with E-state index in [0.717, 1.165) is 31.4 Å². The van der Waals surface area contributed by atoms with E-state index in [2.05, 4.69) is 10.3 Å². The largest absolute Gasteiger partial charge is 0.497 e. The summed E-state index contributed by atoms with van der Waals surface area (Å²) >= 11 is 1.55. The molecule has 0 aliphatic heterocycles. The Bertz CT molecular complexity index is 1000. The number of rotatable bonds is 3. The summed E-state index contributed by atoms with van der Waals surface area (Å²) in [6.45, 7) is 0. The molecule has 7 heteroatoms. The molecule has 0 unspecified atom stereocenters. The number of benzene rings is 1. The Morgan fingerprint density at radius 1 is 1.24 bits per heavy atom. The SMILES string of the molecule is COc1ccc(NC(=O)c2cnc3sc4c(n3c2=O)CCCC4)cc1. The molecular weight excluding hydrogens is 338 g/mol. The predicted molar refractivity (Wildman–Crippen MR) is 96.9 cm³/mol. The van der Waals surface area contributed by atoms with Crippen molar-refractivity contribution in [2.45, 2.75) is 25.7 Å². The topological polar surface area (TPSA) is 72.7 Å². The number of anilines is 1. The minimum atomic E-state index is -0.451. The lowest BCUT2D eigenvalue weighted by molar-refractivity contribution is 0.102. The van der Waals surface area contributed by atoms with Crippen LogP contribution in [0.3, 0.4) is 0 Å². The Labute approximate surface area is 148 Å². The average Bonchev–Trinajstić information content (AvgIpc) is 3.02. The number of carbonyl (C=O) groups excluding carboxylic acids is 1. The van der Waals surface area contributed by atoms with Crippen molar-refractivity contribution in [2.75, 3.05) is 12.4 Å². The summed E-state index contributed by atoms with van der Waals surface area (Å²) in [5.74, 6) is 0.249. The third-order valence-corrected chi connectivity index (χ3v) is 5.55. The summed E-state index contributed by atoms with van der Waals surface area (Å²) < 4.78 is 6.71. The monoisotopic (exact) mass is 355 g/mol. The van der Waals surface area contributed by atoms with Crippen LogP contribution in [0.2, 0.25) is 0 Å². The van der Waals surface area contributed by atoms with Gasteiger partial charge in [-0.3, -0.25) is 14.0 Å². The molecule has 1 N–H and O–H groups in total. The second kappa shape index (κ2) is 6.33. The zero-order valence-corrected chi connectivity index (χ0v) is 14.6. The molecule has 0 fully saturated rings. The van der Waals surface area contributed by atoms with Crippen molar-refractivity contribution in [3.63, 3.8) is 0 Å². The lowest BCUT2D eigenvalue weighted by Gasteiger charge is -2.10. The number of hydrogen-bond acceptors (Lipinski definition) is 5. The molecule has 0 bridgehead atoms. The van der Waals surface area contributed by atoms with Gasteiger partial charge in [0.1, 0.15) is 11.3 Å². The minimum Gasteiger partial charge on any atom is -0.497 e. The zero-order chi connectivity index (χ0) is 17.4. The van der Waals surface area contributed by atoms with E-state index in [1.54, 1.807) is 47.1 Å². The van der Waals surface area contributed by atoms with E-state index in [4.69, 9.17) is 4.74 Å². The molecule has 25 heavy (non-hydrogen) atoms. The Hall–Kier alpha value is -2.67. The maximum Gasteiger partial charge on any atom is 0.271 e. The number of carbonyl (C=O) groups is 1. The number of thiazole rings is 1. The zero-order valence-electron chi connectivity index (χ0n) is 13.7. The molecule has 0 radical (unpaired) electrons. The molecule has 2 heterocycles. The van der Waals surface area contributed by atoms with Crippen LogP contribution < -0.4 is 15.6 Å². The fourth-order valence-electron chi connectivity index (χ4n) is 3.10. The van der Waals surface area contributed by atoms with Crippen molar-refractivity contribution < 1.29 is 9.53 Å². The lowest BCUT2D eigenvalue weighted by atomic mass is 10.0. The van der Waals surface area contributed by atoms with E-state index in [9.17, 15) is 9.59 Å². The highest BCUT2D eigenvalue weighted by Gasteiger charge is 2.21. The fourth-order valence-corrected chi connectivity index (χ4v) is 4.26. The van der Waals surface area contributed by atoms with E-state index in [1.807, 2.05) is 0 Å². The predicted octanol–water partition coefficient (Wildman–Crippen LogP) is 2.90. The highest BCUT2D eigenvalue weighted by molar-refractivity contribution is 7.17. The van der Waals surface area contributed by atoms with Crippen LogP contribution in [-0.2, 0) is 12.8 Å². The summed E-state index contributed by atoms with van der Waals surface area (Å²) in [5, 5.41) is 2.74. The number of methoxy groups -OCH3 is 1. The maximum absolute atomic E-state index is 12.8. The fraction of sp³-hybridized carbons (Fsp3) is 0.278. The number of nitrogens with one attached hydrogen (secondary N) is 1. The van der Waals surface area contributed by atoms with Gasteiger partial charge in [-0.15, -0.1) is 11.3 Å². The number of fused-ring (bicyclic) bond motifs is 3. The summed E-state index contributed by atoms with van der Waals surface area (Å²) in [4.78, 5) is 31.6. The summed E-state index contributed by atoms with van der Waals surface area (Å²) in [5.41, 5.74) is 1.38. The number of hydrogen-bond donors (Lipinski definition) is 1. The van der Waals surface area contributed by atoms with Crippen LogP contribution in [0.4, 0.5) is 5.69 Å². The molecule has 6 nitrogen and oxygen atoms in total. The minimum absolute atomic E-state index is 0.0551. The second-order valence-electron chi connectivity index (χ2n) is 5.96. The molecule has 1 aliphatic rings. The number of nitrogens with zero attached hydrogens (tertiary/aromatic N) is 2.